The maximum absolute atomic E-state index is 12.2. The number of rotatable bonds is 6. The number of anilines is 1. The van der Waals surface area contributed by atoms with Crippen LogP contribution in [0.2, 0.25) is 0 Å². The van der Waals surface area contributed by atoms with Crippen molar-refractivity contribution < 1.29 is 8.42 Å². The van der Waals surface area contributed by atoms with E-state index in [1.54, 1.807) is 0 Å². The van der Waals surface area contributed by atoms with Gasteiger partial charge in [0.25, 0.3) is 0 Å². The molecule has 0 heterocycles. The van der Waals surface area contributed by atoms with Gasteiger partial charge in [-0.25, -0.2) is 8.42 Å². The van der Waals surface area contributed by atoms with E-state index in [0.29, 0.717) is 25.2 Å². The van der Waals surface area contributed by atoms with E-state index in [-0.39, 0.29) is 5.75 Å². The molecule has 102 valence electrons. The summed E-state index contributed by atoms with van der Waals surface area (Å²) in [5, 5.41) is 0. The molecule has 0 aliphatic carbocycles. The highest BCUT2D eigenvalue weighted by molar-refractivity contribution is 7.92. The third-order valence-electron chi connectivity index (χ3n) is 2.91. The number of benzene rings is 1. The average molecular weight is 270 g/mol. The van der Waals surface area contributed by atoms with Crippen LogP contribution < -0.4 is 10.0 Å². The molecule has 4 nitrogen and oxygen atoms in total. The van der Waals surface area contributed by atoms with Gasteiger partial charge in [0.2, 0.25) is 10.0 Å². The third kappa shape index (κ3) is 3.46. The van der Waals surface area contributed by atoms with Crippen molar-refractivity contribution in [2.24, 2.45) is 5.73 Å². The van der Waals surface area contributed by atoms with Crippen LogP contribution in [0.15, 0.2) is 18.2 Å². The Morgan fingerprint density at radius 1 is 1.22 bits per heavy atom. The summed E-state index contributed by atoms with van der Waals surface area (Å²) in [6, 6.07) is 5.68. The summed E-state index contributed by atoms with van der Waals surface area (Å²) < 4.78 is 25.8. The standard InChI is InChI=1S/C13H22N2O2S/c1-4-9-18(16,17)15(8-7-14)13-6-5-11(2)12(3)10-13/h5-6,10H,4,7-9,14H2,1-3H3. The highest BCUT2D eigenvalue weighted by atomic mass is 32.2. The smallest absolute Gasteiger partial charge is 0.235 e. The molecule has 0 aliphatic heterocycles. The van der Waals surface area contributed by atoms with Crippen LogP contribution >= 0.6 is 0 Å². The lowest BCUT2D eigenvalue weighted by atomic mass is 10.1. The Balaban J connectivity index is 3.15. The monoisotopic (exact) mass is 270 g/mol. The Kier molecular flexibility index (Phi) is 5.16. The summed E-state index contributed by atoms with van der Waals surface area (Å²) >= 11 is 0. The number of hydrogen-bond acceptors (Lipinski definition) is 3. The van der Waals surface area contributed by atoms with Gasteiger partial charge in [-0.2, -0.15) is 0 Å². The van der Waals surface area contributed by atoms with Crippen molar-refractivity contribution in [2.45, 2.75) is 27.2 Å². The number of sulfonamides is 1. The van der Waals surface area contributed by atoms with Gasteiger partial charge in [0.05, 0.1) is 11.4 Å². The van der Waals surface area contributed by atoms with E-state index < -0.39 is 10.0 Å². The molecule has 0 aliphatic rings. The fraction of sp³-hybridized carbons (Fsp3) is 0.538. The molecule has 1 aromatic carbocycles. The number of hydrogen-bond donors (Lipinski definition) is 1. The van der Waals surface area contributed by atoms with Crippen LogP contribution in [0.1, 0.15) is 24.5 Å². The van der Waals surface area contributed by atoms with Crippen LogP contribution in [0.25, 0.3) is 0 Å². The minimum absolute atomic E-state index is 0.153. The van der Waals surface area contributed by atoms with Crippen LogP contribution in [0.4, 0.5) is 5.69 Å². The van der Waals surface area contributed by atoms with Crippen molar-refractivity contribution in [1.82, 2.24) is 0 Å². The Bertz CT molecular complexity index is 498. The second-order valence-corrected chi connectivity index (χ2v) is 6.46. The first-order valence-corrected chi connectivity index (χ1v) is 7.81. The Morgan fingerprint density at radius 3 is 2.39 bits per heavy atom. The Morgan fingerprint density at radius 2 is 1.89 bits per heavy atom. The topological polar surface area (TPSA) is 63.4 Å². The minimum Gasteiger partial charge on any atom is -0.329 e. The van der Waals surface area contributed by atoms with E-state index in [2.05, 4.69) is 0 Å². The SMILES string of the molecule is CCCS(=O)(=O)N(CCN)c1ccc(C)c(C)c1. The van der Waals surface area contributed by atoms with E-state index in [1.165, 1.54) is 4.31 Å². The molecule has 2 N–H and O–H groups in total. The van der Waals surface area contributed by atoms with E-state index in [0.717, 1.165) is 11.1 Å². The molecule has 0 atom stereocenters. The molecule has 18 heavy (non-hydrogen) atoms. The molecule has 0 fully saturated rings. The molecular formula is C13H22N2O2S. The predicted molar refractivity (Wildman–Crippen MR) is 76.4 cm³/mol. The fourth-order valence-electron chi connectivity index (χ4n) is 1.79. The Hall–Kier alpha value is -1.07. The summed E-state index contributed by atoms with van der Waals surface area (Å²) in [4.78, 5) is 0. The van der Waals surface area contributed by atoms with Crippen LogP contribution in [0.3, 0.4) is 0 Å². The van der Waals surface area contributed by atoms with Crippen LogP contribution in [0.5, 0.6) is 0 Å². The molecule has 0 spiro atoms. The lowest BCUT2D eigenvalue weighted by Crippen LogP contribution is -2.37. The van der Waals surface area contributed by atoms with Crippen molar-refractivity contribution in [2.75, 3.05) is 23.1 Å². The molecule has 0 saturated carbocycles. The molecule has 0 radical (unpaired) electrons. The van der Waals surface area contributed by atoms with Gasteiger partial charge >= 0.3 is 0 Å². The van der Waals surface area contributed by atoms with E-state index in [4.69, 9.17) is 5.73 Å². The highest BCUT2D eigenvalue weighted by Crippen LogP contribution is 2.21. The molecule has 0 aromatic heterocycles. The van der Waals surface area contributed by atoms with Crippen molar-refractivity contribution in [3.8, 4) is 0 Å². The van der Waals surface area contributed by atoms with Crippen molar-refractivity contribution >= 4 is 15.7 Å². The van der Waals surface area contributed by atoms with Crippen LogP contribution in [-0.4, -0.2) is 27.3 Å². The minimum atomic E-state index is -3.26. The maximum atomic E-state index is 12.2. The zero-order valence-electron chi connectivity index (χ0n) is 11.3. The van der Waals surface area contributed by atoms with Gasteiger partial charge in [0.1, 0.15) is 0 Å². The molecule has 0 amide bonds. The van der Waals surface area contributed by atoms with Gasteiger partial charge in [-0.15, -0.1) is 0 Å². The second kappa shape index (κ2) is 6.20. The van der Waals surface area contributed by atoms with E-state index >= 15 is 0 Å². The molecule has 0 unspecified atom stereocenters. The first kappa shape index (κ1) is 15.0. The average Bonchev–Trinajstić information content (AvgIpc) is 2.29. The number of aryl methyl sites for hydroxylation is 2. The molecule has 1 rings (SSSR count). The maximum Gasteiger partial charge on any atom is 0.235 e. The molecule has 5 heteroatoms. The van der Waals surface area contributed by atoms with Gasteiger partial charge in [-0.1, -0.05) is 13.0 Å². The largest absolute Gasteiger partial charge is 0.329 e. The van der Waals surface area contributed by atoms with Gasteiger partial charge in [0.15, 0.2) is 0 Å². The number of nitrogens with zero attached hydrogens (tertiary/aromatic N) is 1. The summed E-state index contributed by atoms with van der Waals surface area (Å²) in [6.45, 7) is 6.48. The zero-order chi connectivity index (χ0) is 13.8. The van der Waals surface area contributed by atoms with E-state index in [9.17, 15) is 8.42 Å². The molecule has 0 bridgehead atoms. The Labute approximate surface area is 110 Å². The summed E-state index contributed by atoms with van der Waals surface area (Å²) in [5.41, 5.74) is 8.46. The summed E-state index contributed by atoms with van der Waals surface area (Å²) in [5.74, 6) is 0.153. The van der Waals surface area contributed by atoms with Crippen molar-refractivity contribution in [1.29, 1.82) is 0 Å². The van der Waals surface area contributed by atoms with Crippen LogP contribution in [0, 0.1) is 13.8 Å². The third-order valence-corrected chi connectivity index (χ3v) is 4.90. The molecule has 0 saturated heterocycles. The number of nitrogens with two attached hydrogens (primary N) is 1. The molecule has 1 aromatic rings. The lowest BCUT2D eigenvalue weighted by Gasteiger charge is -2.24. The fourth-order valence-corrected chi connectivity index (χ4v) is 3.35. The van der Waals surface area contributed by atoms with Crippen molar-refractivity contribution in [3.63, 3.8) is 0 Å². The van der Waals surface area contributed by atoms with Gasteiger partial charge in [-0.05, 0) is 43.5 Å². The lowest BCUT2D eigenvalue weighted by molar-refractivity contribution is 0.589. The zero-order valence-corrected chi connectivity index (χ0v) is 12.1. The van der Waals surface area contributed by atoms with Gasteiger partial charge in [-0.3, -0.25) is 4.31 Å². The second-order valence-electron chi connectivity index (χ2n) is 4.45. The predicted octanol–water partition coefficient (Wildman–Crippen LogP) is 1.81. The van der Waals surface area contributed by atoms with E-state index in [1.807, 2.05) is 39.0 Å². The first-order valence-electron chi connectivity index (χ1n) is 6.20. The first-order chi connectivity index (χ1) is 8.42. The van der Waals surface area contributed by atoms with Gasteiger partial charge < -0.3 is 5.73 Å². The quantitative estimate of drug-likeness (QED) is 0.857. The summed E-state index contributed by atoms with van der Waals surface area (Å²) in [6.07, 6.45) is 0.605. The van der Waals surface area contributed by atoms with Gasteiger partial charge in [0, 0.05) is 13.1 Å². The van der Waals surface area contributed by atoms with Crippen molar-refractivity contribution in [3.05, 3.63) is 29.3 Å². The normalized spacial score (nSPS) is 11.6. The molecular weight excluding hydrogens is 248 g/mol. The van der Waals surface area contributed by atoms with Crippen LogP contribution in [-0.2, 0) is 10.0 Å². The summed E-state index contributed by atoms with van der Waals surface area (Å²) in [7, 11) is -3.26. The highest BCUT2D eigenvalue weighted by Gasteiger charge is 2.21.